The van der Waals surface area contributed by atoms with Gasteiger partial charge in [-0.2, -0.15) is 0 Å². The minimum atomic E-state index is -0.352. The van der Waals surface area contributed by atoms with Crippen LogP contribution in [0.2, 0.25) is 0 Å². The lowest BCUT2D eigenvalue weighted by atomic mass is 10.0. The molecule has 1 rings (SSSR count). The van der Waals surface area contributed by atoms with E-state index in [1.807, 2.05) is 24.3 Å². The lowest BCUT2D eigenvalue weighted by Gasteiger charge is -2.04. The third-order valence-electron chi connectivity index (χ3n) is 2.50. The molecule has 0 radical (unpaired) electrons. The number of ketones is 1. The summed E-state index contributed by atoms with van der Waals surface area (Å²) < 4.78 is 4.49. The minimum Gasteiger partial charge on any atom is -0.469 e. The summed E-state index contributed by atoms with van der Waals surface area (Å²) in [5, 5.41) is 0. The highest BCUT2D eigenvalue weighted by Gasteiger charge is 2.09. The van der Waals surface area contributed by atoms with Gasteiger partial charge in [-0.1, -0.05) is 36.9 Å². The average molecular weight is 232 g/mol. The molecule has 0 aliphatic heterocycles. The predicted octanol–water partition coefficient (Wildman–Crippen LogP) is 2.39. The second kappa shape index (κ2) is 6.63. The largest absolute Gasteiger partial charge is 0.469 e. The maximum Gasteiger partial charge on any atom is 0.305 e. The van der Waals surface area contributed by atoms with Crippen LogP contribution in [0, 0.1) is 0 Å². The lowest BCUT2D eigenvalue weighted by Crippen LogP contribution is -2.08. The van der Waals surface area contributed by atoms with Crippen LogP contribution in [0.15, 0.2) is 30.8 Å². The van der Waals surface area contributed by atoms with Crippen molar-refractivity contribution in [3.05, 3.63) is 42.0 Å². The highest BCUT2D eigenvalue weighted by atomic mass is 16.5. The van der Waals surface area contributed by atoms with Gasteiger partial charge in [0.05, 0.1) is 13.5 Å². The number of benzene rings is 1. The smallest absolute Gasteiger partial charge is 0.305 e. The Morgan fingerprint density at radius 3 is 2.65 bits per heavy atom. The van der Waals surface area contributed by atoms with Crippen molar-refractivity contribution in [3.63, 3.8) is 0 Å². The molecule has 1 aromatic rings. The molecule has 0 bridgehead atoms. The number of Topliss-reactive ketones (excluding diaryl/α,β-unsaturated/α-hetero) is 1. The summed E-state index contributed by atoms with van der Waals surface area (Å²) in [6.07, 6.45) is 2.42. The molecule has 0 atom stereocenters. The molecule has 1 aromatic carbocycles. The fourth-order valence-electron chi connectivity index (χ4n) is 1.54. The Hall–Kier alpha value is -1.90. The number of hydrogen-bond acceptors (Lipinski definition) is 3. The highest BCUT2D eigenvalue weighted by Crippen LogP contribution is 2.12. The van der Waals surface area contributed by atoms with E-state index in [1.165, 1.54) is 7.11 Å². The van der Waals surface area contributed by atoms with E-state index in [2.05, 4.69) is 11.3 Å². The van der Waals surface area contributed by atoms with Gasteiger partial charge in [-0.05, 0) is 11.1 Å². The van der Waals surface area contributed by atoms with E-state index in [4.69, 9.17) is 0 Å². The molecule has 3 heteroatoms. The summed E-state index contributed by atoms with van der Waals surface area (Å²) in [6.45, 7) is 3.70. The summed E-state index contributed by atoms with van der Waals surface area (Å²) >= 11 is 0. The second-order valence-electron chi connectivity index (χ2n) is 3.69. The first-order chi connectivity index (χ1) is 8.17. The van der Waals surface area contributed by atoms with Gasteiger partial charge in [-0.15, -0.1) is 0 Å². The fraction of sp³-hybridized carbons (Fsp3) is 0.286. The minimum absolute atomic E-state index is 0.0321. The molecule has 3 nitrogen and oxygen atoms in total. The summed E-state index contributed by atoms with van der Waals surface area (Å²) in [7, 11) is 1.32. The van der Waals surface area contributed by atoms with Gasteiger partial charge in [-0.3, -0.25) is 9.59 Å². The fourth-order valence-corrected chi connectivity index (χ4v) is 1.54. The van der Waals surface area contributed by atoms with Gasteiger partial charge in [0.1, 0.15) is 5.78 Å². The van der Waals surface area contributed by atoms with Crippen LogP contribution in [0.5, 0.6) is 0 Å². The Kier molecular flexibility index (Phi) is 5.14. The SMILES string of the molecule is C=Cc1ccccc1CC(=O)CCC(=O)OC. The van der Waals surface area contributed by atoms with Crippen molar-refractivity contribution in [1.29, 1.82) is 0 Å². The van der Waals surface area contributed by atoms with Gasteiger partial charge in [0.15, 0.2) is 0 Å². The van der Waals surface area contributed by atoms with Crippen molar-refractivity contribution in [1.82, 2.24) is 0 Å². The van der Waals surface area contributed by atoms with Gasteiger partial charge < -0.3 is 4.74 Å². The zero-order chi connectivity index (χ0) is 12.7. The van der Waals surface area contributed by atoms with Crippen LogP contribution in [0.4, 0.5) is 0 Å². The first kappa shape index (κ1) is 13.2. The number of esters is 1. The lowest BCUT2D eigenvalue weighted by molar-refractivity contribution is -0.141. The Morgan fingerprint density at radius 2 is 2.00 bits per heavy atom. The van der Waals surface area contributed by atoms with Crippen molar-refractivity contribution in [2.24, 2.45) is 0 Å². The van der Waals surface area contributed by atoms with Crippen molar-refractivity contribution < 1.29 is 14.3 Å². The molecule has 0 fully saturated rings. The number of carbonyl (C=O) groups excluding carboxylic acids is 2. The topological polar surface area (TPSA) is 43.4 Å². The summed E-state index contributed by atoms with van der Waals surface area (Å²) in [5.41, 5.74) is 1.90. The Morgan fingerprint density at radius 1 is 1.29 bits per heavy atom. The average Bonchev–Trinajstić information content (AvgIpc) is 2.36. The van der Waals surface area contributed by atoms with Crippen LogP contribution in [0.25, 0.3) is 6.08 Å². The van der Waals surface area contributed by atoms with Crippen molar-refractivity contribution in [2.75, 3.05) is 7.11 Å². The summed E-state index contributed by atoms with van der Waals surface area (Å²) in [4.78, 5) is 22.6. The standard InChI is InChI=1S/C14H16O3/c1-3-11-6-4-5-7-12(11)10-13(15)8-9-14(16)17-2/h3-7H,1,8-10H2,2H3. The van der Waals surface area contributed by atoms with E-state index in [0.717, 1.165) is 11.1 Å². The van der Waals surface area contributed by atoms with Crippen LogP contribution in [0.1, 0.15) is 24.0 Å². The van der Waals surface area contributed by atoms with Crippen LogP contribution >= 0.6 is 0 Å². The molecule has 17 heavy (non-hydrogen) atoms. The zero-order valence-corrected chi connectivity index (χ0v) is 9.94. The molecule has 0 aromatic heterocycles. The molecule has 0 amide bonds. The third-order valence-corrected chi connectivity index (χ3v) is 2.50. The zero-order valence-electron chi connectivity index (χ0n) is 9.94. The molecule has 0 spiro atoms. The van der Waals surface area contributed by atoms with Crippen LogP contribution in [-0.4, -0.2) is 18.9 Å². The molecule has 90 valence electrons. The first-order valence-corrected chi connectivity index (χ1v) is 5.46. The first-order valence-electron chi connectivity index (χ1n) is 5.46. The molecule has 0 N–H and O–H groups in total. The highest BCUT2D eigenvalue weighted by molar-refractivity contribution is 5.85. The van der Waals surface area contributed by atoms with E-state index in [0.29, 0.717) is 6.42 Å². The predicted molar refractivity (Wildman–Crippen MR) is 66.5 cm³/mol. The van der Waals surface area contributed by atoms with Gasteiger partial charge in [0.25, 0.3) is 0 Å². The molecular formula is C14H16O3. The van der Waals surface area contributed by atoms with E-state index >= 15 is 0 Å². The van der Waals surface area contributed by atoms with Gasteiger partial charge in [0, 0.05) is 12.8 Å². The number of hydrogen-bond donors (Lipinski definition) is 0. The number of ether oxygens (including phenoxy) is 1. The van der Waals surface area contributed by atoms with E-state index in [-0.39, 0.29) is 24.6 Å². The molecular weight excluding hydrogens is 216 g/mol. The van der Waals surface area contributed by atoms with Gasteiger partial charge >= 0.3 is 5.97 Å². The maximum atomic E-state index is 11.7. The maximum absolute atomic E-state index is 11.7. The monoisotopic (exact) mass is 232 g/mol. The normalized spacial score (nSPS) is 9.71. The van der Waals surface area contributed by atoms with E-state index in [9.17, 15) is 9.59 Å². The van der Waals surface area contributed by atoms with Gasteiger partial charge in [-0.25, -0.2) is 0 Å². The van der Waals surface area contributed by atoms with Gasteiger partial charge in [0.2, 0.25) is 0 Å². The molecule has 0 heterocycles. The number of carbonyl (C=O) groups is 2. The van der Waals surface area contributed by atoms with Crippen molar-refractivity contribution in [3.8, 4) is 0 Å². The van der Waals surface area contributed by atoms with E-state index < -0.39 is 0 Å². The second-order valence-corrected chi connectivity index (χ2v) is 3.69. The Bertz CT molecular complexity index is 421. The summed E-state index contributed by atoms with van der Waals surface area (Å²) in [5.74, 6) is -0.319. The Labute approximate surface area is 101 Å². The summed E-state index contributed by atoms with van der Waals surface area (Å²) in [6, 6.07) is 7.60. The molecule has 0 unspecified atom stereocenters. The third kappa shape index (κ3) is 4.23. The number of methoxy groups -OCH3 is 1. The quantitative estimate of drug-likeness (QED) is 0.707. The van der Waals surface area contributed by atoms with Crippen molar-refractivity contribution in [2.45, 2.75) is 19.3 Å². The Balaban J connectivity index is 2.56. The van der Waals surface area contributed by atoms with E-state index in [1.54, 1.807) is 6.08 Å². The van der Waals surface area contributed by atoms with Crippen LogP contribution in [-0.2, 0) is 20.7 Å². The van der Waals surface area contributed by atoms with Crippen LogP contribution < -0.4 is 0 Å². The molecule has 0 aliphatic rings. The molecule has 0 saturated heterocycles. The van der Waals surface area contributed by atoms with Crippen molar-refractivity contribution >= 4 is 17.8 Å². The number of rotatable bonds is 6. The van der Waals surface area contributed by atoms with Crippen LogP contribution in [0.3, 0.4) is 0 Å². The molecule has 0 aliphatic carbocycles. The molecule has 0 saturated carbocycles.